The number of allylic oxidation sites excluding steroid dienone is 3. The number of hydrogen-bond donors (Lipinski definition) is 2. The number of halogens is 1. The minimum absolute atomic E-state index is 0.0157. The average molecular weight is 431 g/mol. The van der Waals surface area contributed by atoms with Crippen LogP contribution in [0.3, 0.4) is 0 Å². The maximum absolute atomic E-state index is 12.5. The number of hydrogen-bond acceptors (Lipinski definition) is 4. The van der Waals surface area contributed by atoms with Gasteiger partial charge in [0, 0.05) is 10.6 Å². The van der Waals surface area contributed by atoms with Gasteiger partial charge < -0.3 is 10.1 Å². The zero-order valence-electron chi connectivity index (χ0n) is 15.6. The van der Waals surface area contributed by atoms with Crippen LogP contribution in [-0.4, -0.2) is 20.9 Å². The summed E-state index contributed by atoms with van der Waals surface area (Å²) in [5.74, 6) is -0.0810. The van der Waals surface area contributed by atoms with Crippen molar-refractivity contribution in [3.63, 3.8) is 0 Å². The van der Waals surface area contributed by atoms with Crippen LogP contribution in [0.4, 0.5) is 5.69 Å². The van der Waals surface area contributed by atoms with E-state index in [4.69, 9.17) is 21.5 Å². The molecule has 0 aliphatic rings. The van der Waals surface area contributed by atoms with Crippen LogP contribution in [-0.2, 0) is 10.0 Å². The Morgan fingerprint density at radius 3 is 2.79 bits per heavy atom. The van der Waals surface area contributed by atoms with E-state index < -0.39 is 15.9 Å². The van der Waals surface area contributed by atoms with E-state index >= 15 is 0 Å². The van der Waals surface area contributed by atoms with Crippen molar-refractivity contribution in [2.24, 2.45) is 5.14 Å². The number of carbonyl (C=O) groups excluding carboxylic acids is 1. The summed E-state index contributed by atoms with van der Waals surface area (Å²) in [4.78, 5) is 12.2. The molecule has 0 atom stereocenters. The Bertz CT molecular complexity index is 1080. The average Bonchev–Trinajstić information content (AvgIpc) is 2.70. The maximum Gasteiger partial charge on any atom is 0.255 e. The number of amides is 1. The molecule has 0 heterocycles. The Morgan fingerprint density at radius 1 is 1.34 bits per heavy atom. The van der Waals surface area contributed by atoms with Crippen LogP contribution in [0.2, 0.25) is 0 Å². The number of rotatable bonds is 8. The highest BCUT2D eigenvalue weighted by Gasteiger charge is 2.16. The highest BCUT2D eigenvalue weighted by Crippen LogP contribution is 2.20. The first-order valence-electron chi connectivity index (χ1n) is 8.37. The molecule has 3 N–H and O–H groups in total. The van der Waals surface area contributed by atoms with Gasteiger partial charge in [-0.25, -0.2) is 13.6 Å². The molecule has 0 aliphatic heterocycles. The number of benzene rings is 1. The quantitative estimate of drug-likeness (QED) is 0.622. The van der Waals surface area contributed by atoms with Crippen LogP contribution in [0, 0.1) is 12.1 Å². The lowest BCUT2D eigenvalue weighted by Gasteiger charge is -2.10. The molecule has 0 saturated carbocycles. The molecule has 29 heavy (non-hydrogen) atoms. The van der Waals surface area contributed by atoms with Gasteiger partial charge in [0.2, 0.25) is 10.0 Å². The SMILES string of the molecule is C=C(/C=C\C(Cl)=C/C)COc1cccc(C(=O)Nc2ccc#cc2S(N)(=O)=O)c1. The van der Waals surface area contributed by atoms with Gasteiger partial charge in [0.25, 0.3) is 5.91 Å². The maximum atomic E-state index is 12.5. The summed E-state index contributed by atoms with van der Waals surface area (Å²) in [5.41, 5.74) is 0.976. The number of nitrogens with two attached hydrogens (primary N) is 1. The molecular weight excluding hydrogens is 412 g/mol. The third-order valence-electron chi connectivity index (χ3n) is 3.57. The molecule has 2 rings (SSSR count). The van der Waals surface area contributed by atoms with E-state index in [1.807, 2.05) is 6.92 Å². The van der Waals surface area contributed by atoms with Crippen LogP contribution < -0.4 is 15.2 Å². The lowest BCUT2D eigenvalue weighted by atomic mass is 10.2. The molecule has 1 amide bonds. The minimum atomic E-state index is -4.06. The molecule has 0 aromatic heterocycles. The Morgan fingerprint density at radius 2 is 2.10 bits per heavy atom. The molecular formula is C21H19ClN2O4S. The monoisotopic (exact) mass is 430 g/mol. The first kappa shape index (κ1) is 22.2. The zero-order chi connectivity index (χ0) is 21.4. The van der Waals surface area contributed by atoms with Crippen molar-refractivity contribution in [3.05, 3.63) is 89.5 Å². The van der Waals surface area contributed by atoms with Gasteiger partial charge in [0.1, 0.15) is 12.4 Å². The van der Waals surface area contributed by atoms with E-state index in [2.05, 4.69) is 24.0 Å². The number of anilines is 1. The molecule has 0 aliphatic carbocycles. The van der Waals surface area contributed by atoms with Gasteiger partial charge in [-0.15, -0.1) is 0 Å². The molecule has 150 valence electrons. The van der Waals surface area contributed by atoms with Crippen LogP contribution in [0.15, 0.2) is 76.7 Å². The van der Waals surface area contributed by atoms with Crippen molar-refractivity contribution in [2.75, 3.05) is 11.9 Å². The highest BCUT2D eigenvalue weighted by molar-refractivity contribution is 7.89. The molecule has 2 aromatic carbocycles. The molecule has 8 heteroatoms. The third-order valence-corrected chi connectivity index (χ3v) is 4.81. The number of sulfonamides is 1. The van der Waals surface area contributed by atoms with E-state index in [0.717, 1.165) is 0 Å². The van der Waals surface area contributed by atoms with Gasteiger partial charge in [0.05, 0.1) is 5.69 Å². The van der Waals surface area contributed by atoms with Crippen LogP contribution >= 0.6 is 11.6 Å². The largest absolute Gasteiger partial charge is 0.489 e. The predicted molar refractivity (Wildman–Crippen MR) is 113 cm³/mol. The van der Waals surface area contributed by atoms with E-state index in [9.17, 15) is 13.2 Å². The minimum Gasteiger partial charge on any atom is -0.489 e. The molecule has 2 aromatic rings. The number of nitrogens with one attached hydrogen (secondary N) is 1. The van der Waals surface area contributed by atoms with Crippen molar-refractivity contribution < 1.29 is 17.9 Å². The molecule has 0 unspecified atom stereocenters. The van der Waals surface area contributed by atoms with Crippen molar-refractivity contribution in [1.29, 1.82) is 0 Å². The van der Waals surface area contributed by atoms with Gasteiger partial charge >= 0.3 is 0 Å². The summed E-state index contributed by atoms with van der Waals surface area (Å²) in [7, 11) is -4.06. The van der Waals surface area contributed by atoms with E-state index in [-0.39, 0.29) is 22.8 Å². The van der Waals surface area contributed by atoms with Crippen molar-refractivity contribution >= 4 is 33.2 Å². The summed E-state index contributed by atoms with van der Waals surface area (Å²) in [6, 6.07) is 14.1. The first-order valence-corrected chi connectivity index (χ1v) is 10.3. The zero-order valence-corrected chi connectivity index (χ0v) is 17.2. The summed E-state index contributed by atoms with van der Waals surface area (Å²) < 4.78 is 28.9. The lowest BCUT2D eigenvalue weighted by Crippen LogP contribution is -2.18. The summed E-state index contributed by atoms with van der Waals surface area (Å²) in [6.45, 7) is 5.89. The second-order valence-corrected chi connectivity index (χ2v) is 7.76. The van der Waals surface area contributed by atoms with Crippen molar-refractivity contribution in [2.45, 2.75) is 11.8 Å². The fraction of sp³-hybridized carbons (Fsp3) is 0.0952. The summed E-state index contributed by atoms with van der Waals surface area (Å²) >= 11 is 5.89. The van der Waals surface area contributed by atoms with E-state index in [1.54, 1.807) is 36.4 Å². The third kappa shape index (κ3) is 6.80. The molecule has 0 saturated heterocycles. The molecule has 0 bridgehead atoms. The highest BCUT2D eigenvalue weighted by atomic mass is 35.5. The normalized spacial score (nSPS) is 11.8. The number of primary sulfonamides is 1. The van der Waals surface area contributed by atoms with Gasteiger partial charge in [0.15, 0.2) is 4.90 Å². The lowest BCUT2D eigenvalue weighted by molar-refractivity contribution is 0.102. The summed E-state index contributed by atoms with van der Waals surface area (Å²) in [5, 5.41) is 8.23. The second kappa shape index (κ2) is 9.94. The standard InChI is InChI=1S/C21H19ClN2O4S/c1-3-17(22)12-11-15(2)14-28-18-8-6-7-16(13-18)21(25)24-19-9-4-5-10-20(19)29(23,26)27/h3-4,6-9,11-13H,2,14H2,1H3,(H,24,25)(H2,23,26,27)/b12-11-,17-3+. The topological polar surface area (TPSA) is 98.5 Å². The molecule has 0 radical (unpaired) electrons. The number of carbonyl (C=O) groups is 1. The fourth-order valence-corrected chi connectivity index (χ4v) is 2.83. The molecule has 0 spiro atoms. The molecule has 6 nitrogen and oxygen atoms in total. The molecule has 0 fully saturated rings. The van der Waals surface area contributed by atoms with Crippen LogP contribution in [0.25, 0.3) is 0 Å². The van der Waals surface area contributed by atoms with Crippen molar-refractivity contribution in [3.8, 4) is 5.75 Å². The predicted octanol–water partition coefficient (Wildman–Crippen LogP) is 3.82. The van der Waals surface area contributed by atoms with Crippen LogP contribution in [0.1, 0.15) is 17.3 Å². The second-order valence-electron chi connectivity index (χ2n) is 5.83. The van der Waals surface area contributed by atoms with Gasteiger partial charge in [-0.05, 0) is 55.0 Å². The Balaban J connectivity index is 2.09. The Labute approximate surface area is 175 Å². The fourth-order valence-electron chi connectivity index (χ4n) is 2.14. The van der Waals surface area contributed by atoms with Gasteiger partial charge in [-0.2, -0.15) is 0 Å². The van der Waals surface area contributed by atoms with Crippen LogP contribution in [0.5, 0.6) is 5.75 Å². The van der Waals surface area contributed by atoms with E-state index in [0.29, 0.717) is 16.4 Å². The smallest absolute Gasteiger partial charge is 0.255 e. The number of ether oxygens (including phenoxy) is 1. The van der Waals surface area contributed by atoms with Crippen molar-refractivity contribution in [1.82, 2.24) is 0 Å². The van der Waals surface area contributed by atoms with Gasteiger partial charge in [-0.1, -0.05) is 42.5 Å². The summed E-state index contributed by atoms with van der Waals surface area (Å²) in [6.07, 6.45) is 5.18. The first-order chi connectivity index (χ1) is 13.7. The Hall–Kier alpha value is -3.05. The van der Waals surface area contributed by atoms with Gasteiger partial charge in [-0.3, -0.25) is 4.79 Å². The Kier molecular flexibility index (Phi) is 7.62. The van der Waals surface area contributed by atoms with E-state index in [1.165, 1.54) is 18.2 Å².